The van der Waals surface area contributed by atoms with Gasteiger partial charge in [-0.15, -0.1) is 0 Å². The molecule has 0 saturated carbocycles. The molecule has 7 nitrogen and oxygen atoms in total. The molecule has 1 amide bonds. The van der Waals surface area contributed by atoms with E-state index in [1.165, 1.54) is 4.57 Å². The minimum Gasteiger partial charge on any atom is -0.481 e. The van der Waals surface area contributed by atoms with Crippen LogP contribution in [0.5, 0.6) is 0 Å². The SMILES string of the molecule is Cc1nc(=O)n(CCC(=O)NC(C)C)c(C)c1CC(=O)O. The molecule has 0 aromatic carbocycles. The monoisotopic (exact) mass is 295 g/mol. The predicted molar refractivity (Wildman–Crippen MR) is 77.2 cm³/mol. The number of carbonyl (C=O) groups is 2. The van der Waals surface area contributed by atoms with Crippen molar-refractivity contribution >= 4 is 11.9 Å². The summed E-state index contributed by atoms with van der Waals surface area (Å²) in [5.74, 6) is -1.14. The van der Waals surface area contributed by atoms with E-state index in [0.29, 0.717) is 17.0 Å². The minimum absolute atomic E-state index is 0.0361. The molecule has 0 aliphatic heterocycles. The van der Waals surface area contributed by atoms with Gasteiger partial charge in [-0.25, -0.2) is 4.79 Å². The van der Waals surface area contributed by atoms with Crippen LogP contribution in [0.1, 0.15) is 37.2 Å². The topological polar surface area (TPSA) is 101 Å². The summed E-state index contributed by atoms with van der Waals surface area (Å²) < 4.78 is 1.35. The van der Waals surface area contributed by atoms with Crippen molar-refractivity contribution in [2.24, 2.45) is 0 Å². The Morgan fingerprint density at radius 3 is 2.48 bits per heavy atom. The summed E-state index contributed by atoms with van der Waals surface area (Å²) in [6.07, 6.45) is -0.0423. The molecule has 0 unspecified atom stereocenters. The second-order valence-corrected chi connectivity index (χ2v) is 5.24. The summed E-state index contributed by atoms with van der Waals surface area (Å²) in [5, 5.41) is 11.7. The van der Waals surface area contributed by atoms with Crippen molar-refractivity contribution in [3.8, 4) is 0 Å². The van der Waals surface area contributed by atoms with Crippen LogP contribution in [0.4, 0.5) is 0 Å². The highest BCUT2D eigenvalue weighted by molar-refractivity contribution is 5.76. The predicted octanol–water partition coefficient (Wildman–Crippen LogP) is 0.402. The lowest BCUT2D eigenvalue weighted by atomic mass is 10.1. The molecule has 1 aromatic heterocycles. The van der Waals surface area contributed by atoms with Crippen molar-refractivity contribution < 1.29 is 14.7 Å². The van der Waals surface area contributed by atoms with E-state index in [4.69, 9.17) is 5.11 Å². The molecule has 0 atom stereocenters. The van der Waals surface area contributed by atoms with Gasteiger partial charge in [0.1, 0.15) is 0 Å². The third kappa shape index (κ3) is 4.70. The van der Waals surface area contributed by atoms with Crippen molar-refractivity contribution in [1.82, 2.24) is 14.9 Å². The zero-order chi connectivity index (χ0) is 16.2. The van der Waals surface area contributed by atoms with Gasteiger partial charge in [0.25, 0.3) is 0 Å². The molecule has 0 spiro atoms. The number of hydrogen-bond acceptors (Lipinski definition) is 4. The number of nitrogens with one attached hydrogen (secondary N) is 1. The Kier molecular flexibility index (Phi) is 5.63. The Hall–Kier alpha value is -2.18. The Morgan fingerprint density at radius 2 is 1.95 bits per heavy atom. The summed E-state index contributed by atoms with van der Waals surface area (Å²) in [5.41, 5.74) is 1.03. The number of amides is 1. The molecule has 1 aromatic rings. The summed E-state index contributed by atoms with van der Waals surface area (Å²) in [4.78, 5) is 38.3. The van der Waals surface area contributed by atoms with Gasteiger partial charge in [0.05, 0.1) is 6.42 Å². The number of carboxylic acids is 1. The van der Waals surface area contributed by atoms with E-state index >= 15 is 0 Å². The number of carbonyl (C=O) groups excluding carboxylic acids is 1. The first kappa shape index (κ1) is 16.9. The first-order valence-electron chi connectivity index (χ1n) is 6.80. The molecule has 0 radical (unpaired) electrons. The van der Waals surface area contributed by atoms with Gasteiger partial charge in [0.2, 0.25) is 5.91 Å². The second-order valence-electron chi connectivity index (χ2n) is 5.24. The molecule has 1 heterocycles. The van der Waals surface area contributed by atoms with Gasteiger partial charge in [0, 0.05) is 36.0 Å². The van der Waals surface area contributed by atoms with Crippen molar-refractivity contribution in [3.63, 3.8) is 0 Å². The molecular weight excluding hydrogens is 274 g/mol. The fourth-order valence-corrected chi connectivity index (χ4v) is 2.12. The van der Waals surface area contributed by atoms with Gasteiger partial charge in [-0.2, -0.15) is 4.98 Å². The maximum absolute atomic E-state index is 11.9. The highest BCUT2D eigenvalue weighted by Gasteiger charge is 2.15. The highest BCUT2D eigenvalue weighted by Crippen LogP contribution is 2.10. The number of hydrogen-bond donors (Lipinski definition) is 2. The van der Waals surface area contributed by atoms with E-state index in [-0.39, 0.29) is 31.3 Å². The molecule has 0 aliphatic rings. The molecule has 7 heteroatoms. The molecular formula is C14H21N3O4. The van der Waals surface area contributed by atoms with E-state index in [1.54, 1.807) is 13.8 Å². The number of aromatic nitrogens is 2. The first-order valence-corrected chi connectivity index (χ1v) is 6.80. The minimum atomic E-state index is -0.981. The number of nitrogens with zero attached hydrogens (tertiary/aromatic N) is 2. The van der Waals surface area contributed by atoms with Crippen LogP contribution >= 0.6 is 0 Å². The average Bonchev–Trinajstić information content (AvgIpc) is 2.32. The van der Waals surface area contributed by atoms with Crippen LogP contribution in [0.15, 0.2) is 4.79 Å². The van der Waals surface area contributed by atoms with E-state index in [1.807, 2.05) is 13.8 Å². The van der Waals surface area contributed by atoms with Crippen LogP contribution < -0.4 is 11.0 Å². The quantitative estimate of drug-likeness (QED) is 0.791. The summed E-state index contributed by atoms with van der Waals surface area (Å²) in [7, 11) is 0. The molecule has 0 fully saturated rings. The van der Waals surface area contributed by atoms with E-state index in [2.05, 4.69) is 10.3 Å². The Bertz CT molecular complexity index is 605. The zero-order valence-electron chi connectivity index (χ0n) is 12.8. The van der Waals surface area contributed by atoms with E-state index < -0.39 is 11.7 Å². The van der Waals surface area contributed by atoms with Gasteiger partial charge in [-0.1, -0.05) is 0 Å². The van der Waals surface area contributed by atoms with E-state index in [9.17, 15) is 14.4 Å². The normalized spacial score (nSPS) is 10.7. The number of rotatable bonds is 6. The van der Waals surface area contributed by atoms with Crippen molar-refractivity contribution in [1.29, 1.82) is 0 Å². The fourth-order valence-electron chi connectivity index (χ4n) is 2.12. The standard InChI is InChI=1S/C14H21N3O4/c1-8(2)15-12(18)5-6-17-10(4)11(7-13(19)20)9(3)16-14(17)21/h8H,5-7H2,1-4H3,(H,15,18)(H,19,20). The largest absolute Gasteiger partial charge is 0.481 e. The number of aliphatic carboxylic acids is 1. The lowest BCUT2D eigenvalue weighted by molar-refractivity contribution is -0.136. The van der Waals surface area contributed by atoms with Crippen molar-refractivity contribution in [3.05, 3.63) is 27.4 Å². The summed E-state index contributed by atoms with van der Waals surface area (Å²) in [6.45, 7) is 7.18. The molecule has 116 valence electrons. The van der Waals surface area contributed by atoms with Gasteiger partial charge < -0.3 is 10.4 Å². The molecule has 0 aliphatic carbocycles. The third-order valence-corrected chi connectivity index (χ3v) is 3.11. The van der Waals surface area contributed by atoms with Gasteiger partial charge in [-0.3, -0.25) is 14.2 Å². The van der Waals surface area contributed by atoms with Crippen molar-refractivity contribution in [2.45, 2.75) is 53.1 Å². The second kappa shape index (κ2) is 7.01. The van der Waals surface area contributed by atoms with Gasteiger partial charge in [0.15, 0.2) is 0 Å². The third-order valence-electron chi connectivity index (χ3n) is 3.11. The fraction of sp³-hybridized carbons (Fsp3) is 0.571. The van der Waals surface area contributed by atoms with Crippen LogP contribution in [0, 0.1) is 13.8 Å². The molecule has 1 rings (SSSR count). The van der Waals surface area contributed by atoms with Gasteiger partial charge in [-0.05, 0) is 27.7 Å². The maximum Gasteiger partial charge on any atom is 0.347 e. The van der Waals surface area contributed by atoms with Crippen LogP contribution in [0.25, 0.3) is 0 Å². The lowest BCUT2D eigenvalue weighted by Gasteiger charge is -2.15. The van der Waals surface area contributed by atoms with Crippen LogP contribution in [0.3, 0.4) is 0 Å². The van der Waals surface area contributed by atoms with Crippen LogP contribution in [-0.2, 0) is 22.6 Å². The zero-order valence-corrected chi connectivity index (χ0v) is 12.8. The highest BCUT2D eigenvalue weighted by atomic mass is 16.4. The number of aryl methyl sites for hydroxylation is 1. The summed E-state index contributed by atoms with van der Waals surface area (Å²) >= 11 is 0. The Labute approximate surface area is 123 Å². The molecule has 0 bridgehead atoms. The Balaban J connectivity index is 2.99. The lowest BCUT2D eigenvalue weighted by Crippen LogP contribution is -2.33. The molecule has 2 N–H and O–H groups in total. The van der Waals surface area contributed by atoms with Crippen LogP contribution in [-0.4, -0.2) is 32.6 Å². The first-order chi connectivity index (χ1) is 9.72. The molecule has 21 heavy (non-hydrogen) atoms. The maximum atomic E-state index is 11.9. The number of carboxylic acid groups (broad SMARTS) is 1. The molecule has 0 saturated heterocycles. The van der Waals surface area contributed by atoms with Crippen LogP contribution in [0.2, 0.25) is 0 Å². The Morgan fingerprint density at radius 1 is 1.33 bits per heavy atom. The van der Waals surface area contributed by atoms with E-state index in [0.717, 1.165) is 0 Å². The van der Waals surface area contributed by atoms with Crippen molar-refractivity contribution in [2.75, 3.05) is 0 Å². The average molecular weight is 295 g/mol. The smallest absolute Gasteiger partial charge is 0.347 e. The summed E-state index contributed by atoms with van der Waals surface area (Å²) in [6, 6.07) is 0.0361. The van der Waals surface area contributed by atoms with Gasteiger partial charge >= 0.3 is 11.7 Å².